The SMILES string of the molecule is Cc1ccc([C@@H](CC(=O)OC(C)C)NC(=O)Nc2ccccc2)cc1. The highest BCUT2D eigenvalue weighted by Gasteiger charge is 2.20. The molecule has 2 N–H and O–H groups in total. The summed E-state index contributed by atoms with van der Waals surface area (Å²) in [4.78, 5) is 24.3. The first-order chi connectivity index (χ1) is 11.9. The van der Waals surface area contributed by atoms with Crippen molar-refractivity contribution in [2.45, 2.75) is 39.3 Å². The van der Waals surface area contributed by atoms with Gasteiger partial charge < -0.3 is 15.4 Å². The van der Waals surface area contributed by atoms with Crippen LogP contribution in [0.2, 0.25) is 0 Å². The van der Waals surface area contributed by atoms with Gasteiger partial charge in [0.1, 0.15) is 0 Å². The third-order valence-electron chi connectivity index (χ3n) is 3.55. The predicted molar refractivity (Wildman–Crippen MR) is 98.4 cm³/mol. The lowest BCUT2D eigenvalue weighted by Gasteiger charge is -2.20. The van der Waals surface area contributed by atoms with Crippen LogP contribution in [-0.4, -0.2) is 18.1 Å². The molecule has 0 radical (unpaired) electrons. The zero-order valence-electron chi connectivity index (χ0n) is 14.8. The molecule has 5 nitrogen and oxygen atoms in total. The van der Waals surface area contributed by atoms with Gasteiger partial charge in [0.25, 0.3) is 0 Å². The molecule has 2 amide bonds. The fraction of sp³-hybridized carbons (Fsp3) is 0.300. The minimum absolute atomic E-state index is 0.0729. The van der Waals surface area contributed by atoms with Crippen LogP contribution in [0.5, 0.6) is 0 Å². The van der Waals surface area contributed by atoms with Gasteiger partial charge >= 0.3 is 12.0 Å². The van der Waals surface area contributed by atoms with Crippen LogP contribution < -0.4 is 10.6 Å². The van der Waals surface area contributed by atoms with Gasteiger partial charge in [0.05, 0.1) is 18.6 Å². The second-order valence-electron chi connectivity index (χ2n) is 6.17. The number of esters is 1. The van der Waals surface area contributed by atoms with Crippen molar-refractivity contribution >= 4 is 17.7 Å². The van der Waals surface area contributed by atoms with Crippen molar-refractivity contribution in [3.05, 3.63) is 65.7 Å². The number of carbonyl (C=O) groups is 2. The smallest absolute Gasteiger partial charge is 0.319 e. The summed E-state index contributed by atoms with van der Waals surface area (Å²) in [6.45, 7) is 5.59. The van der Waals surface area contributed by atoms with Crippen LogP contribution in [0, 0.1) is 6.92 Å². The lowest BCUT2D eigenvalue weighted by molar-refractivity contribution is -0.147. The van der Waals surface area contributed by atoms with Gasteiger partial charge in [0, 0.05) is 5.69 Å². The standard InChI is InChI=1S/C20H24N2O3/c1-14(2)25-19(23)13-18(16-11-9-15(3)10-12-16)22-20(24)21-17-7-5-4-6-8-17/h4-12,14,18H,13H2,1-3H3,(H2,21,22,24)/t18-/m1/s1. The van der Waals surface area contributed by atoms with Crippen molar-refractivity contribution in [3.8, 4) is 0 Å². The summed E-state index contributed by atoms with van der Waals surface area (Å²) in [6.07, 6.45) is -0.118. The van der Waals surface area contributed by atoms with Gasteiger partial charge in [-0.25, -0.2) is 4.79 Å². The van der Waals surface area contributed by atoms with Crippen molar-refractivity contribution in [1.82, 2.24) is 5.32 Å². The lowest BCUT2D eigenvalue weighted by Crippen LogP contribution is -2.34. The summed E-state index contributed by atoms with van der Waals surface area (Å²) in [5.41, 5.74) is 2.66. The van der Waals surface area contributed by atoms with Gasteiger partial charge in [-0.15, -0.1) is 0 Å². The molecule has 0 fully saturated rings. The van der Waals surface area contributed by atoms with Crippen LogP contribution >= 0.6 is 0 Å². The number of aryl methyl sites for hydroxylation is 1. The van der Waals surface area contributed by atoms with Crippen LogP contribution in [0.3, 0.4) is 0 Å². The predicted octanol–water partition coefficient (Wildman–Crippen LogP) is 4.20. The Bertz CT molecular complexity index is 697. The summed E-state index contributed by atoms with van der Waals surface area (Å²) >= 11 is 0. The Morgan fingerprint density at radius 1 is 1.00 bits per heavy atom. The zero-order valence-corrected chi connectivity index (χ0v) is 14.8. The van der Waals surface area contributed by atoms with E-state index in [-0.39, 0.29) is 24.5 Å². The quantitative estimate of drug-likeness (QED) is 0.775. The summed E-state index contributed by atoms with van der Waals surface area (Å²) in [6, 6.07) is 16.0. The number of ether oxygens (including phenoxy) is 1. The van der Waals surface area contributed by atoms with Crippen molar-refractivity contribution < 1.29 is 14.3 Å². The van der Waals surface area contributed by atoms with Crippen LogP contribution in [-0.2, 0) is 9.53 Å². The molecule has 0 aromatic heterocycles. The molecule has 25 heavy (non-hydrogen) atoms. The first-order valence-corrected chi connectivity index (χ1v) is 8.32. The minimum atomic E-state index is -0.462. The van der Waals surface area contributed by atoms with Gasteiger partial charge in [0.15, 0.2) is 0 Å². The average molecular weight is 340 g/mol. The summed E-state index contributed by atoms with van der Waals surface area (Å²) in [5.74, 6) is -0.347. The van der Waals surface area contributed by atoms with Gasteiger partial charge in [-0.3, -0.25) is 4.79 Å². The monoisotopic (exact) mass is 340 g/mol. The molecule has 0 aliphatic carbocycles. The highest BCUT2D eigenvalue weighted by atomic mass is 16.5. The molecular weight excluding hydrogens is 316 g/mol. The largest absolute Gasteiger partial charge is 0.463 e. The fourth-order valence-electron chi connectivity index (χ4n) is 2.38. The van der Waals surface area contributed by atoms with Gasteiger partial charge in [-0.2, -0.15) is 0 Å². The normalized spacial score (nSPS) is 11.7. The highest BCUT2D eigenvalue weighted by Crippen LogP contribution is 2.19. The Balaban J connectivity index is 2.09. The number of benzene rings is 2. The topological polar surface area (TPSA) is 67.4 Å². The van der Waals surface area contributed by atoms with E-state index < -0.39 is 6.04 Å². The maximum Gasteiger partial charge on any atom is 0.319 e. The summed E-state index contributed by atoms with van der Waals surface area (Å²) < 4.78 is 5.22. The van der Waals surface area contributed by atoms with Crippen molar-refractivity contribution in [1.29, 1.82) is 0 Å². The van der Waals surface area contributed by atoms with Crippen molar-refractivity contribution in [3.63, 3.8) is 0 Å². The van der Waals surface area contributed by atoms with E-state index in [9.17, 15) is 9.59 Å². The second-order valence-corrected chi connectivity index (χ2v) is 6.17. The van der Waals surface area contributed by atoms with Crippen LogP contribution in [0.25, 0.3) is 0 Å². The van der Waals surface area contributed by atoms with E-state index in [0.29, 0.717) is 5.69 Å². The van der Waals surface area contributed by atoms with E-state index in [1.54, 1.807) is 26.0 Å². The number of amides is 2. The molecule has 2 aromatic carbocycles. The third-order valence-corrected chi connectivity index (χ3v) is 3.55. The number of hydrogen-bond acceptors (Lipinski definition) is 3. The van der Waals surface area contributed by atoms with Crippen LogP contribution in [0.4, 0.5) is 10.5 Å². The van der Waals surface area contributed by atoms with Crippen LogP contribution in [0.15, 0.2) is 54.6 Å². The highest BCUT2D eigenvalue weighted by molar-refractivity contribution is 5.89. The van der Waals surface area contributed by atoms with E-state index in [1.165, 1.54) is 0 Å². The first-order valence-electron chi connectivity index (χ1n) is 8.32. The minimum Gasteiger partial charge on any atom is -0.463 e. The molecule has 2 rings (SSSR count). The Labute approximate surface area is 148 Å². The van der Waals surface area contributed by atoms with E-state index in [1.807, 2.05) is 49.4 Å². The maximum atomic E-state index is 12.3. The van der Waals surface area contributed by atoms with Gasteiger partial charge in [-0.05, 0) is 38.5 Å². The molecule has 0 heterocycles. The number of para-hydroxylation sites is 1. The molecule has 2 aromatic rings. The molecule has 1 atom stereocenters. The van der Waals surface area contributed by atoms with Crippen molar-refractivity contribution in [2.75, 3.05) is 5.32 Å². The zero-order chi connectivity index (χ0) is 18.2. The number of nitrogens with one attached hydrogen (secondary N) is 2. The molecule has 0 spiro atoms. The summed E-state index contributed by atoms with van der Waals surface area (Å²) in [7, 11) is 0. The Morgan fingerprint density at radius 3 is 2.24 bits per heavy atom. The molecular formula is C20H24N2O3. The number of rotatable bonds is 6. The Morgan fingerprint density at radius 2 is 1.64 bits per heavy atom. The molecule has 132 valence electrons. The fourth-order valence-corrected chi connectivity index (χ4v) is 2.38. The first kappa shape index (κ1) is 18.5. The van der Waals surface area contributed by atoms with E-state index in [2.05, 4.69) is 10.6 Å². The van der Waals surface area contributed by atoms with Crippen LogP contribution in [0.1, 0.15) is 37.4 Å². The molecule has 0 aliphatic heterocycles. The second kappa shape index (κ2) is 8.87. The number of anilines is 1. The van der Waals surface area contributed by atoms with E-state index in [0.717, 1.165) is 11.1 Å². The molecule has 5 heteroatoms. The molecule has 0 saturated carbocycles. The van der Waals surface area contributed by atoms with Gasteiger partial charge in [0.2, 0.25) is 0 Å². The Hall–Kier alpha value is -2.82. The molecule has 0 saturated heterocycles. The molecule has 0 unspecified atom stereocenters. The molecule has 0 aliphatic rings. The lowest BCUT2D eigenvalue weighted by atomic mass is 10.0. The number of hydrogen-bond donors (Lipinski definition) is 2. The third kappa shape index (κ3) is 6.30. The van der Waals surface area contributed by atoms with E-state index in [4.69, 9.17) is 4.74 Å². The summed E-state index contributed by atoms with van der Waals surface area (Å²) in [5, 5.41) is 5.62. The van der Waals surface area contributed by atoms with Crippen molar-refractivity contribution in [2.24, 2.45) is 0 Å². The number of carbonyl (C=O) groups excluding carboxylic acids is 2. The Kier molecular flexibility index (Phi) is 6.57. The van der Waals surface area contributed by atoms with E-state index >= 15 is 0 Å². The average Bonchev–Trinajstić information content (AvgIpc) is 2.55. The maximum absolute atomic E-state index is 12.3. The molecule has 0 bridgehead atoms. The number of urea groups is 1. The van der Waals surface area contributed by atoms with Gasteiger partial charge in [-0.1, -0.05) is 48.0 Å².